The zero-order chi connectivity index (χ0) is 18.5. The zero-order valence-electron chi connectivity index (χ0n) is 14.2. The Morgan fingerprint density at radius 2 is 1.73 bits per heavy atom. The van der Waals surface area contributed by atoms with Crippen LogP contribution in [0.25, 0.3) is 0 Å². The van der Waals surface area contributed by atoms with E-state index in [1.807, 2.05) is 0 Å². The van der Waals surface area contributed by atoms with Crippen molar-refractivity contribution < 1.29 is 18.0 Å². The Bertz CT molecular complexity index is 790. The van der Waals surface area contributed by atoms with Gasteiger partial charge in [-0.1, -0.05) is 25.7 Å². The molecule has 1 saturated carbocycles. The van der Waals surface area contributed by atoms with Gasteiger partial charge in [0.05, 0.1) is 5.69 Å². The molecule has 2 N–H and O–H groups in total. The summed E-state index contributed by atoms with van der Waals surface area (Å²) in [5.74, 6) is -5.07. The third-order valence-electron chi connectivity index (χ3n) is 4.50. The van der Waals surface area contributed by atoms with E-state index < -0.39 is 29.0 Å². The van der Waals surface area contributed by atoms with Crippen molar-refractivity contribution in [2.45, 2.75) is 44.6 Å². The number of amides is 1. The fourth-order valence-electron chi connectivity index (χ4n) is 3.11. The van der Waals surface area contributed by atoms with Crippen molar-refractivity contribution in [3.8, 4) is 0 Å². The summed E-state index contributed by atoms with van der Waals surface area (Å²) in [5.41, 5.74) is 0.383. The molecular weight excluding hydrogens is 343 g/mol. The van der Waals surface area contributed by atoms with Gasteiger partial charge in [-0.15, -0.1) is 0 Å². The molecule has 0 saturated heterocycles. The van der Waals surface area contributed by atoms with Gasteiger partial charge < -0.3 is 10.6 Å². The molecule has 1 heterocycles. The van der Waals surface area contributed by atoms with Crippen molar-refractivity contribution in [1.82, 2.24) is 4.98 Å². The smallest absolute Gasteiger partial charge is 0.274 e. The van der Waals surface area contributed by atoms with Gasteiger partial charge in [-0.2, -0.15) is 0 Å². The molecule has 138 valence electrons. The highest BCUT2D eigenvalue weighted by atomic mass is 19.2. The van der Waals surface area contributed by atoms with Crippen molar-refractivity contribution in [2.24, 2.45) is 0 Å². The van der Waals surface area contributed by atoms with E-state index in [0.717, 1.165) is 30.7 Å². The van der Waals surface area contributed by atoms with Crippen LogP contribution in [0.15, 0.2) is 30.5 Å². The predicted octanol–water partition coefficient (Wildman–Crippen LogP) is 4.89. The molecule has 1 aliphatic rings. The van der Waals surface area contributed by atoms with Gasteiger partial charge in [0.15, 0.2) is 17.5 Å². The number of hydrogen-bond donors (Lipinski definition) is 2. The van der Waals surface area contributed by atoms with E-state index in [1.165, 1.54) is 31.9 Å². The molecule has 2 aromatic rings. The van der Waals surface area contributed by atoms with Crippen LogP contribution in [0.5, 0.6) is 0 Å². The Kier molecular flexibility index (Phi) is 5.75. The molecule has 1 amide bonds. The fraction of sp³-hybridized carbons (Fsp3) is 0.368. The van der Waals surface area contributed by atoms with Gasteiger partial charge in [0.25, 0.3) is 5.91 Å². The van der Waals surface area contributed by atoms with Gasteiger partial charge in [-0.25, -0.2) is 13.2 Å². The predicted molar refractivity (Wildman–Crippen MR) is 93.6 cm³/mol. The summed E-state index contributed by atoms with van der Waals surface area (Å²) in [6.45, 7) is 0. The molecular formula is C19H20F3N3O. The summed E-state index contributed by atoms with van der Waals surface area (Å²) < 4.78 is 40.0. The third kappa shape index (κ3) is 4.33. The molecule has 1 aromatic heterocycles. The summed E-state index contributed by atoms with van der Waals surface area (Å²) >= 11 is 0. The highest BCUT2D eigenvalue weighted by Gasteiger charge is 2.17. The third-order valence-corrected chi connectivity index (χ3v) is 4.50. The summed E-state index contributed by atoms with van der Waals surface area (Å²) in [4.78, 5) is 16.3. The molecule has 0 spiro atoms. The van der Waals surface area contributed by atoms with Gasteiger partial charge in [0, 0.05) is 17.9 Å². The summed E-state index contributed by atoms with van der Waals surface area (Å²) in [6, 6.07) is 5.40. The number of rotatable bonds is 4. The number of nitrogens with one attached hydrogen (secondary N) is 2. The Morgan fingerprint density at radius 3 is 2.46 bits per heavy atom. The summed E-state index contributed by atoms with van der Waals surface area (Å²) in [5, 5.41) is 5.63. The number of benzene rings is 1. The minimum absolute atomic E-state index is 0.0627. The summed E-state index contributed by atoms with van der Waals surface area (Å²) in [7, 11) is 0. The Hall–Kier alpha value is -2.57. The molecule has 3 rings (SSSR count). The topological polar surface area (TPSA) is 54.0 Å². The quantitative estimate of drug-likeness (QED) is 0.601. The number of pyridine rings is 1. The van der Waals surface area contributed by atoms with E-state index in [-0.39, 0.29) is 5.69 Å². The van der Waals surface area contributed by atoms with E-state index in [1.54, 1.807) is 12.1 Å². The van der Waals surface area contributed by atoms with Gasteiger partial charge in [0.1, 0.15) is 5.69 Å². The number of carbonyl (C=O) groups is 1. The number of carbonyl (C=O) groups excluding carboxylic acids is 1. The van der Waals surface area contributed by atoms with E-state index >= 15 is 0 Å². The van der Waals surface area contributed by atoms with E-state index in [2.05, 4.69) is 15.6 Å². The molecule has 7 heteroatoms. The molecule has 0 aliphatic heterocycles. The van der Waals surface area contributed by atoms with E-state index in [4.69, 9.17) is 0 Å². The van der Waals surface area contributed by atoms with Crippen LogP contribution in [0.2, 0.25) is 0 Å². The van der Waals surface area contributed by atoms with E-state index in [0.29, 0.717) is 6.04 Å². The van der Waals surface area contributed by atoms with Crippen LogP contribution in [0.4, 0.5) is 24.5 Å². The lowest BCUT2D eigenvalue weighted by Gasteiger charge is -2.18. The van der Waals surface area contributed by atoms with Crippen LogP contribution in [-0.4, -0.2) is 16.9 Å². The molecule has 26 heavy (non-hydrogen) atoms. The number of hydrogen-bond acceptors (Lipinski definition) is 3. The lowest BCUT2D eigenvalue weighted by molar-refractivity contribution is 0.102. The van der Waals surface area contributed by atoms with Crippen LogP contribution >= 0.6 is 0 Å². The molecule has 1 aromatic carbocycles. The Morgan fingerprint density at radius 1 is 1.00 bits per heavy atom. The second kappa shape index (κ2) is 8.21. The van der Waals surface area contributed by atoms with Crippen molar-refractivity contribution in [3.63, 3.8) is 0 Å². The first-order valence-corrected chi connectivity index (χ1v) is 8.72. The first-order chi connectivity index (χ1) is 12.5. The maximum Gasteiger partial charge on any atom is 0.274 e. The first-order valence-electron chi connectivity index (χ1n) is 8.72. The van der Waals surface area contributed by atoms with Crippen LogP contribution in [0.1, 0.15) is 49.0 Å². The minimum Gasteiger partial charge on any atom is -0.382 e. The Labute approximate surface area is 149 Å². The molecule has 1 aliphatic carbocycles. The highest BCUT2D eigenvalue weighted by Crippen LogP contribution is 2.22. The number of aromatic nitrogens is 1. The molecule has 0 atom stereocenters. The van der Waals surface area contributed by atoms with Gasteiger partial charge >= 0.3 is 0 Å². The second-order valence-corrected chi connectivity index (χ2v) is 6.44. The lowest BCUT2D eigenvalue weighted by atomic mass is 10.1. The van der Waals surface area contributed by atoms with Crippen molar-refractivity contribution in [3.05, 3.63) is 53.6 Å². The standard InChI is InChI=1S/C19H20F3N3O/c20-14-7-8-15(18(22)17(14)21)25-19(26)16-11-13(9-10-23-16)24-12-5-3-1-2-4-6-12/h7-12H,1-6H2,(H,23,24)(H,25,26). The monoisotopic (exact) mass is 363 g/mol. The highest BCUT2D eigenvalue weighted by molar-refractivity contribution is 6.03. The molecule has 0 bridgehead atoms. The molecule has 1 fully saturated rings. The van der Waals surface area contributed by atoms with Gasteiger partial charge in [-0.3, -0.25) is 9.78 Å². The van der Waals surface area contributed by atoms with Crippen LogP contribution in [0.3, 0.4) is 0 Å². The fourth-order valence-corrected chi connectivity index (χ4v) is 3.11. The van der Waals surface area contributed by atoms with Crippen molar-refractivity contribution in [1.29, 1.82) is 0 Å². The minimum atomic E-state index is -1.63. The van der Waals surface area contributed by atoms with Crippen LogP contribution < -0.4 is 10.6 Å². The average Bonchev–Trinajstić information content (AvgIpc) is 2.91. The molecule has 0 radical (unpaired) electrons. The number of halogens is 3. The number of nitrogens with zero attached hydrogens (tertiary/aromatic N) is 1. The zero-order valence-corrected chi connectivity index (χ0v) is 14.2. The van der Waals surface area contributed by atoms with Crippen molar-refractivity contribution in [2.75, 3.05) is 10.6 Å². The maximum atomic E-state index is 13.7. The Balaban J connectivity index is 1.71. The van der Waals surface area contributed by atoms with Gasteiger partial charge in [-0.05, 0) is 37.1 Å². The second-order valence-electron chi connectivity index (χ2n) is 6.44. The van der Waals surface area contributed by atoms with Crippen LogP contribution in [-0.2, 0) is 0 Å². The van der Waals surface area contributed by atoms with E-state index in [9.17, 15) is 18.0 Å². The van der Waals surface area contributed by atoms with Crippen molar-refractivity contribution >= 4 is 17.3 Å². The molecule has 0 unspecified atom stereocenters. The SMILES string of the molecule is O=C(Nc1ccc(F)c(F)c1F)c1cc(NC2CCCCCC2)ccn1. The summed E-state index contributed by atoms with van der Waals surface area (Å²) in [6.07, 6.45) is 8.45. The largest absolute Gasteiger partial charge is 0.382 e. The maximum absolute atomic E-state index is 13.7. The first kappa shape index (κ1) is 18.2. The average molecular weight is 363 g/mol. The van der Waals surface area contributed by atoms with Gasteiger partial charge in [0.2, 0.25) is 0 Å². The molecule has 4 nitrogen and oxygen atoms in total. The number of anilines is 2. The van der Waals surface area contributed by atoms with Crippen LogP contribution in [0, 0.1) is 17.5 Å². The lowest BCUT2D eigenvalue weighted by Crippen LogP contribution is -2.19. The normalized spacial score (nSPS) is 15.3.